The van der Waals surface area contributed by atoms with Crippen LogP contribution < -0.4 is 0 Å². The minimum absolute atomic E-state index is 0.198. The molecule has 2 atom stereocenters. The average Bonchev–Trinajstić information content (AvgIpc) is 3.31. The Bertz CT molecular complexity index is 864. The second kappa shape index (κ2) is 6.38. The van der Waals surface area contributed by atoms with Crippen molar-refractivity contribution < 1.29 is 14.0 Å². The van der Waals surface area contributed by atoms with Gasteiger partial charge in [0.15, 0.2) is 0 Å². The molecule has 1 saturated heterocycles. The number of aliphatic hydroxyl groups is 1. The lowest BCUT2D eigenvalue weighted by atomic mass is 10.1. The van der Waals surface area contributed by atoms with Gasteiger partial charge >= 0.3 is 0 Å². The number of aromatic amines is 1. The third-order valence-electron chi connectivity index (χ3n) is 4.45. The second-order valence-corrected chi connectivity index (χ2v) is 6.29. The Kier molecular flexibility index (Phi) is 4.06. The van der Waals surface area contributed by atoms with Gasteiger partial charge in [-0.25, -0.2) is 9.37 Å². The monoisotopic (exact) mass is 343 g/mol. The van der Waals surface area contributed by atoms with Gasteiger partial charge in [0, 0.05) is 24.5 Å². The molecule has 0 unspecified atom stereocenters. The molecule has 7 nitrogen and oxygen atoms in total. The topological polar surface area (TPSA) is 91.1 Å². The van der Waals surface area contributed by atoms with Crippen molar-refractivity contribution in [1.29, 1.82) is 0 Å². The summed E-state index contributed by atoms with van der Waals surface area (Å²) in [5.74, 6) is 1.26. The number of benzene rings is 1. The van der Waals surface area contributed by atoms with E-state index in [-0.39, 0.29) is 11.9 Å². The Morgan fingerprint density at radius 1 is 1.44 bits per heavy atom. The molecule has 3 aromatic rings. The van der Waals surface area contributed by atoms with E-state index in [1.54, 1.807) is 31.5 Å². The van der Waals surface area contributed by atoms with E-state index in [1.165, 1.54) is 6.07 Å². The number of aromatic nitrogens is 4. The molecule has 3 heterocycles. The molecule has 1 aliphatic heterocycles. The number of rotatable bonds is 4. The highest BCUT2D eigenvalue weighted by molar-refractivity contribution is 5.55. The van der Waals surface area contributed by atoms with E-state index in [0.717, 1.165) is 5.82 Å². The van der Waals surface area contributed by atoms with Gasteiger partial charge in [-0.3, -0.25) is 4.90 Å². The number of halogens is 1. The minimum Gasteiger partial charge on any atom is -0.392 e. The first-order valence-corrected chi connectivity index (χ1v) is 8.10. The van der Waals surface area contributed by atoms with Crippen LogP contribution in [-0.2, 0) is 6.54 Å². The number of hydrogen-bond acceptors (Lipinski definition) is 6. The van der Waals surface area contributed by atoms with Crippen LogP contribution in [0.25, 0.3) is 11.4 Å². The predicted molar refractivity (Wildman–Crippen MR) is 86.8 cm³/mol. The van der Waals surface area contributed by atoms with Crippen molar-refractivity contribution in [3.05, 3.63) is 53.7 Å². The zero-order valence-electron chi connectivity index (χ0n) is 13.7. The Morgan fingerprint density at radius 2 is 2.32 bits per heavy atom. The molecular formula is C17H18FN5O2. The molecular weight excluding hydrogens is 325 g/mol. The number of aliphatic hydroxyl groups excluding tert-OH is 1. The highest BCUT2D eigenvalue weighted by Gasteiger charge is 2.36. The van der Waals surface area contributed by atoms with Gasteiger partial charge < -0.3 is 14.6 Å². The number of H-pyrrole nitrogens is 1. The van der Waals surface area contributed by atoms with E-state index in [4.69, 9.17) is 4.52 Å². The molecule has 0 bridgehead atoms. The van der Waals surface area contributed by atoms with Crippen LogP contribution in [-0.4, -0.2) is 42.8 Å². The third kappa shape index (κ3) is 3.18. The normalized spacial score (nSPS) is 21.1. The third-order valence-corrected chi connectivity index (χ3v) is 4.45. The number of β-amino-alcohol motifs (C(OH)–C–C–N with tert-alkyl or cyclic N) is 1. The minimum atomic E-state index is -0.466. The number of nitrogens with zero attached hydrogens (tertiary/aromatic N) is 4. The van der Waals surface area contributed by atoms with Crippen molar-refractivity contribution >= 4 is 0 Å². The summed E-state index contributed by atoms with van der Waals surface area (Å²) in [6, 6.07) is 4.64. The molecule has 0 saturated carbocycles. The summed E-state index contributed by atoms with van der Waals surface area (Å²) >= 11 is 0. The molecule has 1 fully saturated rings. The van der Waals surface area contributed by atoms with Crippen molar-refractivity contribution in [2.45, 2.75) is 32.0 Å². The molecule has 1 aliphatic rings. The van der Waals surface area contributed by atoms with E-state index >= 15 is 0 Å². The van der Waals surface area contributed by atoms with Gasteiger partial charge in [0.1, 0.15) is 11.6 Å². The maximum absolute atomic E-state index is 13.8. The molecule has 2 N–H and O–H groups in total. The molecule has 8 heteroatoms. The van der Waals surface area contributed by atoms with Crippen LogP contribution in [0.4, 0.5) is 4.39 Å². The fourth-order valence-electron chi connectivity index (χ4n) is 3.11. The second-order valence-electron chi connectivity index (χ2n) is 6.29. The Balaban J connectivity index is 1.58. The summed E-state index contributed by atoms with van der Waals surface area (Å²) < 4.78 is 19.2. The summed E-state index contributed by atoms with van der Waals surface area (Å²) in [6.45, 7) is 2.75. The smallest absolute Gasteiger partial charge is 0.244 e. The van der Waals surface area contributed by atoms with Gasteiger partial charge in [0.05, 0.1) is 18.7 Å². The van der Waals surface area contributed by atoms with Crippen LogP contribution in [0.1, 0.15) is 29.7 Å². The van der Waals surface area contributed by atoms with E-state index in [0.29, 0.717) is 42.4 Å². The van der Waals surface area contributed by atoms with Crippen LogP contribution in [0.5, 0.6) is 0 Å². The van der Waals surface area contributed by atoms with E-state index in [9.17, 15) is 9.50 Å². The number of hydrogen-bond donors (Lipinski definition) is 2. The molecule has 25 heavy (non-hydrogen) atoms. The zero-order chi connectivity index (χ0) is 17.4. The van der Waals surface area contributed by atoms with E-state index < -0.39 is 6.10 Å². The van der Waals surface area contributed by atoms with Crippen molar-refractivity contribution in [3.63, 3.8) is 0 Å². The maximum atomic E-state index is 13.8. The SMILES string of the molecule is Cc1ccc(-c2noc([C@@H]3C[C@@H](O)CN3Cc3ncc[nH]3)n2)cc1F. The quantitative estimate of drug-likeness (QED) is 0.755. The number of imidazole rings is 1. The predicted octanol–water partition coefficient (Wildman–Crippen LogP) is 2.22. The van der Waals surface area contributed by atoms with Crippen LogP contribution in [0, 0.1) is 12.7 Å². The number of nitrogens with one attached hydrogen (secondary N) is 1. The summed E-state index contributed by atoms with van der Waals surface area (Å²) in [7, 11) is 0. The molecule has 4 rings (SSSR count). The molecule has 1 aromatic carbocycles. The summed E-state index contributed by atoms with van der Waals surface area (Å²) in [4.78, 5) is 13.7. The van der Waals surface area contributed by atoms with Crippen LogP contribution in [0.2, 0.25) is 0 Å². The standard InChI is InChI=1S/C17H18FN5O2/c1-10-2-3-11(6-13(10)18)16-21-17(25-22-16)14-7-12(24)8-23(14)9-15-19-4-5-20-15/h2-6,12,14,24H,7-9H2,1H3,(H,19,20)/t12-,14+/m1/s1. The van der Waals surface area contributed by atoms with Gasteiger partial charge in [-0.1, -0.05) is 17.3 Å². The van der Waals surface area contributed by atoms with Crippen LogP contribution in [0.15, 0.2) is 35.1 Å². The molecule has 130 valence electrons. The van der Waals surface area contributed by atoms with Gasteiger partial charge in [-0.05, 0) is 25.0 Å². The lowest BCUT2D eigenvalue weighted by Gasteiger charge is -2.19. The van der Waals surface area contributed by atoms with Crippen molar-refractivity contribution in [2.75, 3.05) is 6.54 Å². The van der Waals surface area contributed by atoms with Gasteiger partial charge in [-0.2, -0.15) is 4.98 Å². The fourth-order valence-corrected chi connectivity index (χ4v) is 3.11. The lowest BCUT2D eigenvalue weighted by Crippen LogP contribution is -2.25. The Labute approximate surface area is 143 Å². The fraction of sp³-hybridized carbons (Fsp3) is 0.353. The Hall–Kier alpha value is -2.58. The van der Waals surface area contributed by atoms with Crippen LogP contribution >= 0.6 is 0 Å². The molecule has 0 aliphatic carbocycles. The molecule has 2 aromatic heterocycles. The first-order chi connectivity index (χ1) is 12.1. The average molecular weight is 343 g/mol. The maximum Gasteiger partial charge on any atom is 0.244 e. The zero-order valence-corrected chi connectivity index (χ0v) is 13.7. The number of likely N-dealkylation sites (tertiary alicyclic amines) is 1. The number of aryl methyl sites for hydroxylation is 1. The van der Waals surface area contributed by atoms with E-state index in [1.807, 2.05) is 4.90 Å². The van der Waals surface area contributed by atoms with Gasteiger partial charge in [0.2, 0.25) is 11.7 Å². The summed E-state index contributed by atoms with van der Waals surface area (Å²) in [5.41, 5.74) is 1.13. The highest BCUT2D eigenvalue weighted by atomic mass is 19.1. The lowest BCUT2D eigenvalue weighted by molar-refractivity contribution is 0.167. The van der Waals surface area contributed by atoms with Crippen LogP contribution in [0.3, 0.4) is 0 Å². The summed E-state index contributed by atoms with van der Waals surface area (Å²) in [5, 5.41) is 14.0. The molecule has 0 radical (unpaired) electrons. The largest absolute Gasteiger partial charge is 0.392 e. The van der Waals surface area contributed by atoms with Gasteiger partial charge in [-0.15, -0.1) is 0 Å². The van der Waals surface area contributed by atoms with Crippen molar-refractivity contribution in [2.24, 2.45) is 0 Å². The van der Waals surface area contributed by atoms with E-state index in [2.05, 4.69) is 20.1 Å². The van der Waals surface area contributed by atoms with Crippen molar-refractivity contribution in [1.82, 2.24) is 25.0 Å². The van der Waals surface area contributed by atoms with Gasteiger partial charge in [0.25, 0.3) is 0 Å². The highest BCUT2D eigenvalue weighted by Crippen LogP contribution is 2.33. The first kappa shape index (κ1) is 15.9. The molecule has 0 spiro atoms. The summed E-state index contributed by atoms with van der Waals surface area (Å²) in [6.07, 6.45) is 3.48. The first-order valence-electron chi connectivity index (χ1n) is 8.10. The Morgan fingerprint density at radius 3 is 3.08 bits per heavy atom. The van der Waals surface area contributed by atoms with Crippen molar-refractivity contribution in [3.8, 4) is 11.4 Å². The molecule has 0 amide bonds.